The predicted molar refractivity (Wildman–Crippen MR) is 156 cm³/mol. The Morgan fingerprint density at radius 3 is 2.02 bits per heavy atom. The van der Waals surface area contributed by atoms with Crippen molar-refractivity contribution in [1.29, 1.82) is 0 Å². The van der Waals surface area contributed by atoms with Gasteiger partial charge in [0.2, 0.25) is 5.95 Å². The van der Waals surface area contributed by atoms with Gasteiger partial charge in [-0.15, -0.1) is 0 Å². The average molecular weight is 517 g/mol. The van der Waals surface area contributed by atoms with Gasteiger partial charge >= 0.3 is 0 Å². The highest BCUT2D eigenvalue weighted by atomic mass is 16.5. The van der Waals surface area contributed by atoms with E-state index >= 15 is 0 Å². The normalized spacial score (nSPS) is 12.1. The predicted octanol–water partition coefficient (Wildman–Crippen LogP) is 7.37. The first-order valence-corrected chi connectivity index (χ1v) is 12.9. The number of aromatic nitrogens is 6. The van der Waals surface area contributed by atoms with Gasteiger partial charge in [-0.05, 0) is 30.3 Å². The van der Waals surface area contributed by atoms with E-state index < -0.39 is 0 Å². The minimum atomic E-state index is 0.505. The van der Waals surface area contributed by atoms with Crippen LogP contribution in [0.4, 0.5) is 0 Å². The molecule has 0 bridgehead atoms. The summed E-state index contributed by atoms with van der Waals surface area (Å²) in [7, 11) is 0. The minimum absolute atomic E-state index is 0.505. The standard InChI is InChI=1S/C33H20N6O/c1-3-7-22(8-4-1)31-36-32(23-9-5-2-6-10-23)38-33(37-31)39-27-19-34-18-16-24(27)25-13-14-28-26(30(25)39)12-11-21-15-17-35-20-29(21)40-28/h1-20H. The van der Waals surface area contributed by atoms with Crippen LogP contribution in [0.1, 0.15) is 11.1 Å². The highest BCUT2D eigenvalue weighted by molar-refractivity contribution is 6.12. The summed E-state index contributed by atoms with van der Waals surface area (Å²) in [5, 5.41) is 2.10. The largest absolute Gasteiger partial charge is 0.454 e. The Bertz CT molecular complexity index is 2030. The van der Waals surface area contributed by atoms with Crippen LogP contribution in [0.5, 0.6) is 11.5 Å². The number of hydrogen-bond donors (Lipinski definition) is 0. The number of hydrogen-bond acceptors (Lipinski definition) is 6. The lowest BCUT2D eigenvalue weighted by Gasteiger charge is -2.13. The van der Waals surface area contributed by atoms with Crippen molar-refractivity contribution < 1.29 is 4.74 Å². The number of ether oxygens (including phenoxy) is 1. The van der Waals surface area contributed by atoms with Crippen molar-refractivity contribution >= 4 is 34.0 Å². The molecule has 3 aromatic carbocycles. The van der Waals surface area contributed by atoms with Gasteiger partial charge in [0.15, 0.2) is 17.4 Å². The summed E-state index contributed by atoms with van der Waals surface area (Å²) in [4.78, 5) is 23.6. The maximum Gasteiger partial charge on any atom is 0.238 e. The molecule has 40 heavy (non-hydrogen) atoms. The molecule has 0 atom stereocenters. The summed E-state index contributed by atoms with van der Waals surface area (Å²) in [6.07, 6.45) is 11.3. The minimum Gasteiger partial charge on any atom is -0.454 e. The summed E-state index contributed by atoms with van der Waals surface area (Å²) in [5.41, 5.74) is 5.53. The van der Waals surface area contributed by atoms with Gasteiger partial charge in [0.25, 0.3) is 0 Å². The SMILES string of the molecule is C1=Cc2c(ccc3c4ccncc4n(-c4nc(-c5ccccc5)nc(-c5ccccc5)n4)c23)Oc2cnccc21. The highest BCUT2D eigenvalue weighted by Crippen LogP contribution is 2.41. The number of rotatable bonds is 3. The van der Waals surface area contributed by atoms with Gasteiger partial charge in [0.1, 0.15) is 5.75 Å². The van der Waals surface area contributed by atoms with Gasteiger partial charge in [0, 0.05) is 45.4 Å². The van der Waals surface area contributed by atoms with Crippen LogP contribution in [0, 0.1) is 0 Å². The average Bonchev–Trinajstić information content (AvgIpc) is 3.24. The van der Waals surface area contributed by atoms with Gasteiger partial charge < -0.3 is 4.74 Å². The third-order valence-electron chi connectivity index (χ3n) is 7.09. The second kappa shape index (κ2) is 8.96. The third kappa shape index (κ3) is 3.56. The van der Waals surface area contributed by atoms with Crippen LogP contribution >= 0.6 is 0 Å². The quantitative estimate of drug-likeness (QED) is 0.244. The summed E-state index contributed by atoms with van der Waals surface area (Å²) >= 11 is 0. The van der Waals surface area contributed by atoms with E-state index in [0.717, 1.165) is 49.8 Å². The molecular formula is C33H20N6O. The molecule has 0 amide bonds. The molecule has 188 valence electrons. The summed E-state index contributed by atoms with van der Waals surface area (Å²) in [5.74, 6) is 3.13. The molecule has 5 heterocycles. The second-order valence-electron chi connectivity index (χ2n) is 9.47. The summed E-state index contributed by atoms with van der Waals surface area (Å²) < 4.78 is 8.44. The first-order chi connectivity index (χ1) is 19.8. The van der Waals surface area contributed by atoms with Gasteiger partial charge in [0.05, 0.1) is 23.4 Å². The Morgan fingerprint density at radius 2 is 1.27 bits per heavy atom. The van der Waals surface area contributed by atoms with E-state index in [2.05, 4.69) is 32.8 Å². The lowest BCUT2D eigenvalue weighted by molar-refractivity contribution is 0.479. The van der Waals surface area contributed by atoms with Gasteiger partial charge in [-0.2, -0.15) is 9.97 Å². The van der Waals surface area contributed by atoms with Crippen molar-refractivity contribution in [3.63, 3.8) is 0 Å². The van der Waals surface area contributed by atoms with Crippen LogP contribution in [0.25, 0.3) is 62.7 Å². The Labute approximate surface area is 229 Å². The topological polar surface area (TPSA) is 78.6 Å². The fourth-order valence-electron chi connectivity index (χ4n) is 5.22. The van der Waals surface area contributed by atoms with E-state index in [9.17, 15) is 0 Å². The molecule has 0 fully saturated rings. The molecule has 7 heteroatoms. The van der Waals surface area contributed by atoms with Gasteiger partial charge in [-0.25, -0.2) is 4.98 Å². The van der Waals surface area contributed by atoms with Crippen molar-refractivity contribution in [2.45, 2.75) is 0 Å². The Morgan fingerprint density at radius 1 is 0.575 bits per heavy atom. The van der Waals surface area contributed by atoms with Crippen LogP contribution in [0.3, 0.4) is 0 Å². The van der Waals surface area contributed by atoms with E-state index in [1.165, 1.54) is 0 Å². The van der Waals surface area contributed by atoms with Crippen molar-refractivity contribution in [2.75, 3.05) is 0 Å². The molecule has 0 unspecified atom stereocenters. The second-order valence-corrected chi connectivity index (χ2v) is 9.47. The monoisotopic (exact) mass is 516 g/mol. The molecular weight excluding hydrogens is 496 g/mol. The third-order valence-corrected chi connectivity index (χ3v) is 7.09. The molecule has 0 radical (unpaired) electrons. The number of nitrogens with zero attached hydrogens (tertiary/aromatic N) is 6. The summed E-state index contributed by atoms with van der Waals surface area (Å²) in [6, 6.07) is 28.0. The number of pyridine rings is 2. The molecule has 0 spiro atoms. The zero-order valence-corrected chi connectivity index (χ0v) is 21.1. The van der Waals surface area contributed by atoms with Crippen molar-refractivity contribution in [2.24, 2.45) is 0 Å². The molecule has 0 saturated carbocycles. The van der Waals surface area contributed by atoms with Crippen LogP contribution < -0.4 is 4.74 Å². The first kappa shape index (κ1) is 22.3. The van der Waals surface area contributed by atoms with Crippen molar-refractivity contribution in [3.05, 3.63) is 121 Å². The maximum absolute atomic E-state index is 6.38. The van der Waals surface area contributed by atoms with Gasteiger partial charge in [-0.3, -0.25) is 14.5 Å². The van der Waals surface area contributed by atoms with E-state index in [0.29, 0.717) is 23.3 Å². The van der Waals surface area contributed by atoms with E-state index in [1.807, 2.05) is 91.3 Å². The smallest absolute Gasteiger partial charge is 0.238 e. The maximum atomic E-state index is 6.38. The first-order valence-electron chi connectivity index (χ1n) is 12.9. The molecule has 0 N–H and O–H groups in total. The number of fused-ring (bicyclic) bond motifs is 6. The summed E-state index contributed by atoms with van der Waals surface area (Å²) in [6.45, 7) is 0. The van der Waals surface area contributed by atoms with Crippen LogP contribution in [0.15, 0.2) is 110 Å². The highest BCUT2D eigenvalue weighted by Gasteiger charge is 2.22. The van der Waals surface area contributed by atoms with E-state index in [-0.39, 0.29) is 0 Å². The lowest BCUT2D eigenvalue weighted by Crippen LogP contribution is -2.07. The molecule has 1 aliphatic rings. The Balaban J connectivity index is 1.46. The molecule has 7 nitrogen and oxygen atoms in total. The zero-order chi connectivity index (χ0) is 26.5. The molecule has 4 aromatic heterocycles. The van der Waals surface area contributed by atoms with Crippen LogP contribution in [0.2, 0.25) is 0 Å². The molecule has 1 aliphatic heterocycles. The van der Waals surface area contributed by atoms with Gasteiger partial charge in [-0.1, -0.05) is 66.7 Å². The lowest BCUT2D eigenvalue weighted by atomic mass is 10.1. The molecule has 8 rings (SSSR count). The molecule has 7 aromatic rings. The van der Waals surface area contributed by atoms with E-state index in [4.69, 9.17) is 19.7 Å². The zero-order valence-electron chi connectivity index (χ0n) is 21.1. The Hall–Kier alpha value is -5.69. The molecule has 0 aliphatic carbocycles. The van der Waals surface area contributed by atoms with Crippen molar-refractivity contribution in [1.82, 2.24) is 29.5 Å². The number of benzene rings is 3. The molecule has 0 saturated heterocycles. The van der Waals surface area contributed by atoms with Crippen molar-refractivity contribution in [3.8, 4) is 40.2 Å². The van der Waals surface area contributed by atoms with E-state index in [1.54, 1.807) is 12.4 Å². The van der Waals surface area contributed by atoms with Crippen LogP contribution in [-0.2, 0) is 0 Å². The fraction of sp³-hybridized carbons (Fsp3) is 0. The fourth-order valence-corrected chi connectivity index (χ4v) is 5.22. The van der Waals surface area contributed by atoms with Crippen LogP contribution in [-0.4, -0.2) is 29.5 Å². The Kier molecular flexibility index (Phi) is 4.99.